The highest BCUT2D eigenvalue weighted by atomic mass is 16.3. The van der Waals surface area contributed by atoms with Gasteiger partial charge in [0.1, 0.15) is 0 Å². The smallest absolute Gasteiger partial charge is 0.321 e. The van der Waals surface area contributed by atoms with E-state index in [-0.39, 0.29) is 6.54 Å². The first-order chi connectivity index (χ1) is 7.82. The summed E-state index contributed by atoms with van der Waals surface area (Å²) in [7, 11) is 0. The van der Waals surface area contributed by atoms with Gasteiger partial charge in [0.2, 0.25) is 5.91 Å². The Morgan fingerprint density at radius 1 is 1.41 bits per heavy atom. The standard InChI is InChI=1S/C10H21N3O4/c1-4-11-9(16)13-8(15)7(2)12-5-10(3,17)6-14/h7,12,14,17H,4-6H2,1-3H3,(H2,11,13,15,16). The van der Waals surface area contributed by atoms with Gasteiger partial charge >= 0.3 is 6.03 Å². The van der Waals surface area contributed by atoms with Gasteiger partial charge in [0.25, 0.3) is 0 Å². The lowest BCUT2D eigenvalue weighted by molar-refractivity contribution is -0.122. The van der Waals surface area contributed by atoms with E-state index in [1.165, 1.54) is 6.92 Å². The summed E-state index contributed by atoms with van der Waals surface area (Å²) in [6.45, 7) is 4.80. The quantitative estimate of drug-likeness (QED) is 0.394. The Labute approximate surface area is 101 Å². The van der Waals surface area contributed by atoms with E-state index in [0.29, 0.717) is 6.54 Å². The summed E-state index contributed by atoms with van der Waals surface area (Å²) in [6, 6.07) is -1.20. The number of hydrogen-bond acceptors (Lipinski definition) is 5. The first-order valence-corrected chi connectivity index (χ1v) is 5.47. The van der Waals surface area contributed by atoms with Crippen molar-refractivity contribution in [3.8, 4) is 0 Å². The number of aliphatic hydroxyl groups is 2. The Kier molecular flexibility index (Phi) is 6.71. The highest BCUT2D eigenvalue weighted by Crippen LogP contribution is 1.99. The van der Waals surface area contributed by atoms with Gasteiger partial charge in [-0.25, -0.2) is 4.79 Å². The van der Waals surface area contributed by atoms with Crippen LogP contribution in [0.3, 0.4) is 0 Å². The SMILES string of the molecule is CCNC(=O)NC(=O)C(C)NCC(C)(O)CO. The largest absolute Gasteiger partial charge is 0.393 e. The van der Waals surface area contributed by atoms with Gasteiger partial charge in [0.15, 0.2) is 0 Å². The van der Waals surface area contributed by atoms with Crippen LogP contribution in [0.25, 0.3) is 0 Å². The molecule has 2 atom stereocenters. The zero-order valence-electron chi connectivity index (χ0n) is 10.4. The van der Waals surface area contributed by atoms with Crippen molar-refractivity contribution in [3.63, 3.8) is 0 Å². The Hall–Kier alpha value is -1.18. The zero-order valence-corrected chi connectivity index (χ0v) is 10.4. The maximum atomic E-state index is 11.5. The van der Waals surface area contributed by atoms with Crippen LogP contribution in [-0.2, 0) is 4.79 Å². The van der Waals surface area contributed by atoms with Crippen molar-refractivity contribution in [1.29, 1.82) is 0 Å². The Balaban J connectivity index is 4.02. The van der Waals surface area contributed by atoms with Gasteiger partial charge in [-0.3, -0.25) is 10.1 Å². The third kappa shape index (κ3) is 6.88. The fourth-order valence-corrected chi connectivity index (χ4v) is 0.946. The van der Waals surface area contributed by atoms with E-state index in [4.69, 9.17) is 5.11 Å². The molecule has 0 aliphatic carbocycles. The van der Waals surface area contributed by atoms with Gasteiger partial charge in [0, 0.05) is 13.1 Å². The number of aliphatic hydroxyl groups excluding tert-OH is 1. The summed E-state index contributed by atoms with van der Waals surface area (Å²) in [5.41, 5.74) is -1.29. The number of rotatable bonds is 6. The number of amides is 3. The summed E-state index contributed by atoms with van der Waals surface area (Å²) >= 11 is 0. The molecular formula is C10H21N3O4. The van der Waals surface area contributed by atoms with Crippen molar-refractivity contribution < 1.29 is 19.8 Å². The fourth-order valence-electron chi connectivity index (χ4n) is 0.946. The van der Waals surface area contributed by atoms with Gasteiger partial charge in [-0.1, -0.05) is 0 Å². The maximum absolute atomic E-state index is 11.5. The second-order valence-electron chi connectivity index (χ2n) is 4.11. The predicted octanol–water partition coefficient (Wildman–Crippen LogP) is -1.45. The fraction of sp³-hybridized carbons (Fsp3) is 0.800. The number of carbonyl (C=O) groups excluding carboxylic acids is 2. The molecule has 0 aromatic rings. The lowest BCUT2D eigenvalue weighted by Gasteiger charge is -2.23. The summed E-state index contributed by atoms with van der Waals surface area (Å²) in [6.07, 6.45) is 0. The van der Waals surface area contributed by atoms with E-state index in [0.717, 1.165) is 0 Å². The molecule has 0 aliphatic heterocycles. The van der Waals surface area contributed by atoms with E-state index < -0.39 is 30.2 Å². The third-order valence-electron chi connectivity index (χ3n) is 2.10. The minimum atomic E-state index is -1.29. The van der Waals surface area contributed by atoms with Crippen molar-refractivity contribution in [2.24, 2.45) is 0 Å². The number of hydrogen-bond donors (Lipinski definition) is 5. The Morgan fingerprint density at radius 2 is 2.00 bits per heavy atom. The van der Waals surface area contributed by atoms with Crippen molar-refractivity contribution in [1.82, 2.24) is 16.0 Å². The van der Waals surface area contributed by atoms with Crippen LogP contribution in [0.4, 0.5) is 4.79 Å². The third-order valence-corrected chi connectivity index (χ3v) is 2.10. The van der Waals surface area contributed by atoms with Gasteiger partial charge in [-0.2, -0.15) is 0 Å². The molecule has 0 fully saturated rings. The molecule has 0 radical (unpaired) electrons. The van der Waals surface area contributed by atoms with E-state index in [1.54, 1.807) is 13.8 Å². The van der Waals surface area contributed by atoms with Crippen LogP contribution >= 0.6 is 0 Å². The van der Waals surface area contributed by atoms with Crippen LogP contribution in [-0.4, -0.2) is 53.5 Å². The van der Waals surface area contributed by atoms with Crippen molar-refractivity contribution in [3.05, 3.63) is 0 Å². The highest BCUT2D eigenvalue weighted by Gasteiger charge is 2.22. The molecule has 0 aromatic carbocycles. The first kappa shape index (κ1) is 15.8. The summed E-state index contributed by atoms with van der Waals surface area (Å²) in [5, 5.41) is 25.6. The van der Waals surface area contributed by atoms with Crippen LogP contribution in [0.5, 0.6) is 0 Å². The van der Waals surface area contributed by atoms with Crippen molar-refractivity contribution >= 4 is 11.9 Å². The van der Waals surface area contributed by atoms with Crippen molar-refractivity contribution in [2.75, 3.05) is 19.7 Å². The summed E-state index contributed by atoms with van der Waals surface area (Å²) in [4.78, 5) is 22.5. The van der Waals surface area contributed by atoms with Crippen LogP contribution in [0.2, 0.25) is 0 Å². The molecule has 0 saturated carbocycles. The summed E-state index contributed by atoms with van der Waals surface area (Å²) in [5.74, 6) is -0.496. The van der Waals surface area contributed by atoms with Crippen LogP contribution in [0, 0.1) is 0 Å². The lowest BCUT2D eigenvalue weighted by atomic mass is 10.1. The maximum Gasteiger partial charge on any atom is 0.321 e. The second-order valence-corrected chi connectivity index (χ2v) is 4.11. The molecule has 5 N–H and O–H groups in total. The lowest BCUT2D eigenvalue weighted by Crippen LogP contribution is -2.51. The molecule has 0 aromatic heterocycles. The molecule has 0 rings (SSSR count). The van der Waals surface area contributed by atoms with E-state index in [9.17, 15) is 14.7 Å². The molecule has 17 heavy (non-hydrogen) atoms. The normalized spacial score (nSPS) is 15.8. The average Bonchev–Trinajstić information content (AvgIpc) is 2.26. The van der Waals surface area contributed by atoms with E-state index in [1.807, 2.05) is 0 Å². The molecule has 0 aliphatic rings. The van der Waals surface area contributed by atoms with Gasteiger partial charge in [0.05, 0.1) is 18.2 Å². The zero-order chi connectivity index (χ0) is 13.5. The highest BCUT2D eigenvalue weighted by molar-refractivity contribution is 5.96. The number of carbonyl (C=O) groups is 2. The average molecular weight is 247 g/mol. The van der Waals surface area contributed by atoms with Gasteiger partial charge < -0.3 is 20.8 Å². The van der Waals surface area contributed by atoms with Crippen LogP contribution in [0.1, 0.15) is 20.8 Å². The van der Waals surface area contributed by atoms with E-state index >= 15 is 0 Å². The van der Waals surface area contributed by atoms with Crippen LogP contribution in [0.15, 0.2) is 0 Å². The number of urea groups is 1. The molecule has 0 heterocycles. The molecule has 0 bridgehead atoms. The van der Waals surface area contributed by atoms with Crippen LogP contribution < -0.4 is 16.0 Å². The second kappa shape index (κ2) is 7.21. The molecule has 0 saturated heterocycles. The molecule has 3 amide bonds. The van der Waals surface area contributed by atoms with Gasteiger partial charge in [-0.05, 0) is 20.8 Å². The number of imide groups is 1. The molecule has 2 unspecified atom stereocenters. The molecular weight excluding hydrogens is 226 g/mol. The topological polar surface area (TPSA) is 111 Å². The Morgan fingerprint density at radius 3 is 2.47 bits per heavy atom. The molecule has 0 spiro atoms. The summed E-state index contributed by atoms with van der Waals surface area (Å²) < 4.78 is 0. The minimum Gasteiger partial charge on any atom is -0.393 e. The Bertz CT molecular complexity index is 268. The first-order valence-electron chi connectivity index (χ1n) is 5.47. The monoisotopic (exact) mass is 247 g/mol. The predicted molar refractivity (Wildman–Crippen MR) is 62.4 cm³/mol. The molecule has 100 valence electrons. The minimum absolute atomic E-state index is 0.0491. The number of nitrogens with one attached hydrogen (secondary N) is 3. The van der Waals surface area contributed by atoms with E-state index in [2.05, 4.69) is 16.0 Å². The molecule has 7 nitrogen and oxygen atoms in total. The van der Waals surface area contributed by atoms with Crippen molar-refractivity contribution in [2.45, 2.75) is 32.4 Å². The van der Waals surface area contributed by atoms with Gasteiger partial charge in [-0.15, -0.1) is 0 Å². The molecule has 7 heteroatoms.